The zero-order chi connectivity index (χ0) is 21.6. The monoisotopic (exact) mass is 424 g/mol. The molecule has 162 valence electrons. The summed E-state index contributed by atoms with van der Waals surface area (Å²) in [4.78, 5) is 5.05. The zero-order valence-corrected chi connectivity index (χ0v) is 18.2. The number of tetrazole rings is 1. The van der Waals surface area contributed by atoms with Crippen LogP contribution in [-0.2, 0) is 13.1 Å². The van der Waals surface area contributed by atoms with E-state index in [1.807, 2.05) is 10.7 Å². The predicted octanol–water partition coefficient (Wildman–Crippen LogP) is 3.63. The molecule has 0 spiro atoms. The van der Waals surface area contributed by atoms with Crippen LogP contribution < -0.4 is 0 Å². The number of piperazine rings is 1. The molecule has 1 atom stereocenters. The Kier molecular flexibility index (Phi) is 6.32. The van der Waals surface area contributed by atoms with Crippen molar-refractivity contribution in [3.8, 4) is 0 Å². The first-order valence-electron chi connectivity index (χ1n) is 11.2. The van der Waals surface area contributed by atoms with Crippen molar-refractivity contribution in [1.82, 2.24) is 30.0 Å². The van der Waals surface area contributed by atoms with Gasteiger partial charge in [-0.2, -0.15) is 0 Å². The molecule has 0 aliphatic carbocycles. The molecule has 0 bridgehead atoms. The van der Waals surface area contributed by atoms with Crippen LogP contribution in [0.4, 0.5) is 0 Å². The molecule has 1 aliphatic rings. The molecule has 0 unspecified atom stereocenters. The number of benzene rings is 3. The molecule has 0 N–H and O–H groups in total. The average molecular weight is 425 g/mol. The van der Waals surface area contributed by atoms with E-state index in [1.165, 1.54) is 16.7 Å². The van der Waals surface area contributed by atoms with Crippen LogP contribution in [0.3, 0.4) is 0 Å². The standard InChI is InChI=1S/C26H28N6/c1-4-10-22(11-5-1)20-30-16-18-31(19-17-30)25(24-14-8-3-9-15-24)26-27-28-29-32(26)21-23-12-6-2-7-13-23/h1-15,25H,16-21H2/t25-/m0/s1. The fourth-order valence-corrected chi connectivity index (χ4v) is 4.46. The Labute approximate surface area is 189 Å². The van der Waals surface area contributed by atoms with Gasteiger partial charge < -0.3 is 0 Å². The average Bonchev–Trinajstić information content (AvgIpc) is 3.30. The lowest BCUT2D eigenvalue weighted by Gasteiger charge is -2.39. The first kappa shape index (κ1) is 20.5. The summed E-state index contributed by atoms with van der Waals surface area (Å²) in [5.74, 6) is 0.900. The van der Waals surface area contributed by atoms with Gasteiger partial charge in [-0.15, -0.1) is 5.10 Å². The molecule has 0 saturated carbocycles. The van der Waals surface area contributed by atoms with E-state index in [0.717, 1.165) is 38.5 Å². The molecule has 1 saturated heterocycles. The van der Waals surface area contributed by atoms with Gasteiger partial charge >= 0.3 is 0 Å². The summed E-state index contributed by atoms with van der Waals surface area (Å²) in [6.45, 7) is 5.67. The Morgan fingerprint density at radius 1 is 0.656 bits per heavy atom. The maximum Gasteiger partial charge on any atom is 0.173 e. The normalized spacial score (nSPS) is 16.1. The summed E-state index contributed by atoms with van der Waals surface area (Å²) in [5.41, 5.74) is 3.79. The Bertz CT molecular complexity index is 1090. The maximum atomic E-state index is 4.50. The van der Waals surface area contributed by atoms with Crippen molar-refractivity contribution >= 4 is 0 Å². The Morgan fingerprint density at radius 3 is 1.84 bits per heavy atom. The van der Waals surface area contributed by atoms with Crippen molar-refractivity contribution in [2.45, 2.75) is 19.1 Å². The lowest BCUT2D eigenvalue weighted by molar-refractivity contribution is 0.100. The van der Waals surface area contributed by atoms with Crippen LogP contribution in [0.2, 0.25) is 0 Å². The van der Waals surface area contributed by atoms with Crippen molar-refractivity contribution in [3.05, 3.63) is 114 Å². The predicted molar refractivity (Wildman–Crippen MR) is 125 cm³/mol. The van der Waals surface area contributed by atoms with E-state index in [9.17, 15) is 0 Å². The number of rotatable bonds is 7. The molecule has 4 aromatic rings. The summed E-state index contributed by atoms with van der Waals surface area (Å²) in [7, 11) is 0. The Hall–Kier alpha value is -3.35. The molecule has 5 rings (SSSR count). The highest BCUT2D eigenvalue weighted by molar-refractivity contribution is 5.26. The summed E-state index contributed by atoms with van der Waals surface area (Å²) in [6.07, 6.45) is 0. The highest BCUT2D eigenvalue weighted by Gasteiger charge is 2.30. The summed E-state index contributed by atoms with van der Waals surface area (Å²) in [6, 6.07) is 31.7. The van der Waals surface area contributed by atoms with E-state index < -0.39 is 0 Å². The Morgan fingerprint density at radius 2 is 1.22 bits per heavy atom. The maximum absolute atomic E-state index is 4.50. The van der Waals surface area contributed by atoms with Crippen molar-refractivity contribution in [1.29, 1.82) is 0 Å². The lowest BCUT2D eigenvalue weighted by Crippen LogP contribution is -2.47. The van der Waals surface area contributed by atoms with Crippen molar-refractivity contribution in [2.75, 3.05) is 26.2 Å². The van der Waals surface area contributed by atoms with Gasteiger partial charge in [0.2, 0.25) is 0 Å². The molecular weight excluding hydrogens is 396 g/mol. The van der Waals surface area contributed by atoms with Crippen LogP contribution in [0.25, 0.3) is 0 Å². The number of nitrogens with zero attached hydrogens (tertiary/aromatic N) is 6. The van der Waals surface area contributed by atoms with Gasteiger partial charge in [-0.05, 0) is 27.1 Å². The summed E-state index contributed by atoms with van der Waals surface area (Å²) >= 11 is 0. The molecule has 1 aromatic heterocycles. The van der Waals surface area contributed by atoms with Crippen molar-refractivity contribution < 1.29 is 0 Å². The van der Waals surface area contributed by atoms with E-state index >= 15 is 0 Å². The summed E-state index contributed by atoms with van der Waals surface area (Å²) in [5, 5.41) is 12.9. The van der Waals surface area contributed by atoms with Crippen LogP contribution >= 0.6 is 0 Å². The fraction of sp³-hybridized carbons (Fsp3) is 0.269. The highest BCUT2D eigenvalue weighted by atomic mass is 15.6. The minimum absolute atomic E-state index is 0.0359. The van der Waals surface area contributed by atoms with Gasteiger partial charge in [0.25, 0.3) is 0 Å². The quantitative estimate of drug-likeness (QED) is 0.453. The van der Waals surface area contributed by atoms with Crippen molar-refractivity contribution in [3.63, 3.8) is 0 Å². The molecule has 1 aliphatic heterocycles. The van der Waals surface area contributed by atoms with E-state index in [1.54, 1.807) is 0 Å². The second-order valence-corrected chi connectivity index (χ2v) is 8.29. The SMILES string of the molecule is c1ccc(CN2CCN([C@@H](c3ccccc3)c3nnnn3Cc3ccccc3)CC2)cc1. The topological polar surface area (TPSA) is 50.1 Å². The second-order valence-electron chi connectivity index (χ2n) is 8.29. The molecule has 1 fully saturated rings. The lowest BCUT2D eigenvalue weighted by atomic mass is 10.0. The largest absolute Gasteiger partial charge is 0.297 e. The van der Waals surface area contributed by atoms with Crippen LogP contribution in [0.15, 0.2) is 91.0 Å². The third-order valence-electron chi connectivity index (χ3n) is 6.12. The minimum atomic E-state index is 0.0359. The van der Waals surface area contributed by atoms with Gasteiger partial charge in [-0.1, -0.05) is 91.0 Å². The third-order valence-corrected chi connectivity index (χ3v) is 6.12. The van der Waals surface area contributed by atoms with E-state index in [4.69, 9.17) is 0 Å². The highest BCUT2D eigenvalue weighted by Crippen LogP contribution is 2.28. The number of hydrogen-bond acceptors (Lipinski definition) is 5. The Balaban J connectivity index is 1.36. The van der Waals surface area contributed by atoms with Crippen LogP contribution in [0.5, 0.6) is 0 Å². The molecule has 2 heterocycles. The molecule has 32 heavy (non-hydrogen) atoms. The molecule has 6 nitrogen and oxygen atoms in total. The summed E-state index contributed by atoms with van der Waals surface area (Å²) < 4.78 is 1.95. The van der Waals surface area contributed by atoms with Crippen LogP contribution in [-0.4, -0.2) is 56.2 Å². The molecule has 3 aromatic carbocycles. The van der Waals surface area contributed by atoms with Gasteiger partial charge in [0.15, 0.2) is 5.82 Å². The van der Waals surface area contributed by atoms with Crippen molar-refractivity contribution in [2.24, 2.45) is 0 Å². The minimum Gasteiger partial charge on any atom is -0.297 e. The first-order valence-corrected chi connectivity index (χ1v) is 11.2. The van der Waals surface area contributed by atoms with E-state index in [2.05, 4.69) is 110 Å². The molecule has 0 radical (unpaired) electrons. The van der Waals surface area contributed by atoms with Crippen LogP contribution in [0.1, 0.15) is 28.6 Å². The fourth-order valence-electron chi connectivity index (χ4n) is 4.46. The third kappa shape index (κ3) is 4.77. The second kappa shape index (κ2) is 9.85. The number of aromatic nitrogens is 4. The number of hydrogen-bond donors (Lipinski definition) is 0. The molecule has 0 amide bonds. The van der Waals surface area contributed by atoms with Gasteiger partial charge in [0, 0.05) is 32.7 Å². The van der Waals surface area contributed by atoms with Gasteiger partial charge in [0.05, 0.1) is 12.6 Å². The van der Waals surface area contributed by atoms with E-state index in [0.29, 0.717) is 6.54 Å². The van der Waals surface area contributed by atoms with Gasteiger partial charge in [-0.25, -0.2) is 4.68 Å². The smallest absolute Gasteiger partial charge is 0.173 e. The van der Waals surface area contributed by atoms with Gasteiger partial charge in [0.1, 0.15) is 0 Å². The zero-order valence-electron chi connectivity index (χ0n) is 18.2. The molecule has 6 heteroatoms. The van der Waals surface area contributed by atoms with Crippen LogP contribution in [0, 0.1) is 0 Å². The first-order chi connectivity index (χ1) is 15.9. The van der Waals surface area contributed by atoms with Gasteiger partial charge in [-0.3, -0.25) is 9.80 Å². The molecular formula is C26H28N6. The van der Waals surface area contributed by atoms with E-state index in [-0.39, 0.29) is 6.04 Å².